The fourth-order valence-electron chi connectivity index (χ4n) is 1.27. The van der Waals surface area contributed by atoms with Gasteiger partial charge in [0.05, 0.1) is 11.7 Å². The van der Waals surface area contributed by atoms with Gasteiger partial charge in [-0.15, -0.1) is 0 Å². The van der Waals surface area contributed by atoms with Crippen LogP contribution in [-0.2, 0) is 4.74 Å². The molecule has 0 aliphatic carbocycles. The van der Waals surface area contributed by atoms with Crippen LogP contribution in [0.15, 0.2) is 35.4 Å². The Balaban J connectivity index is 2.35. The van der Waals surface area contributed by atoms with E-state index in [4.69, 9.17) is 4.74 Å². The van der Waals surface area contributed by atoms with Crippen molar-refractivity contribution >= 4 is 18.0 Å². The molecule has 0 aliphatic heterocycles. The minimum Gasteiger partial charge on any atom is -0.444 e. The van der Waals surface area contributed by atoms with E-state index in [0.717, 1.165) is 5.69 Å². The van der Waals surface area contributed by atoms with Crippen LogP contribution in [0, 0.1) is 0 Å². The van der Waals surface area contributed by atoms with Crippen LogP contribution in [0.25, 0.3) is 0 Å². The molecule has 0 aliphatic rings. The van der Waals surface area contributed by atoms with Gasteiger partial charge in [-0.05, 0) is 39.8 Å². The molecular weight excluding hydrogens is 242 g/mol. The highest BCUT2D eigenvalue weighted by atomic mass is 16.6. The van der Waals surface area contributed by atoms with E-state index in [0.29, 0.717) is 0 Å². The van der Waals surface area contributed by atoms with Gasteiger partial charge in [0, 0.05) is 6.21 Å². The Morgan fingerprint density at radius 3 is 2.53 bits per heavy atom. The van der Waals surface area contributed by atoms with Gasteiger partial charge >= 0.3 is 6.09 Å². The van der Waals surface area contributed by atoms with Crippen molar-refractivity contribution in [3.05, 3.63) is 30.3 Å². The summed E-state index contributed by atoms with van der Waals surface area (Å²) in [7, 11) is 0. The van der Waals surface area contributed by atoms with Crippen LogP contribution in [0.5, 0.6) is 0 Å². The fraction of sp³-hybridized carbons (Fsp3) is 0.429. The molecule has 0 saturated heterocycles. The topological polar surface area (TPSA) is 62.7 Å². The van der Waals surface area contributed by atoms with E-state index in [1.54, 1.807) is 6.21 Å². The maximum Gasteiger partial charge on any atom is 0.408 e. The summed E-state index contributed by atoms with van der Waals surface area (Å²) in [4.78, 5) is 11.5. The third kappa shape index (κ3) is 7.08. The minimum absolute atomic E-state index is 0.217. The minimum atomic E-state index is -0.497. The zero-order valence-corrected chi connectivity index (χ0v) is 11.8. The molecule has 5 nitrogen and oxygen atoms in total. The van der Waals surface area contributed by atoms with Crippen molar-refractivity contribution in [1.82, 2.24) is 5.32 Å². The second-order valence-corrected chi connectivity index (χ2v) is 5.19. The second-order valence-electron chi connectivity index (χ2n) is 5.19. The SMILES string of the molecule is C[C@@H](/C=N\Nc1ccccc1)NC(=O)OC(C)(C)C. The Morgan fingerprint density at radius 1 is 1.32 bits per heavy atom. The lowest BCUT2D eigenvalue weighted by atomic mass is 10.2. The van der Waals surface area contributed by atoms with Gasteiger partial charge < -0.3 is 10.1 Å². The number of nitrogens with zero attached hydrogens (tertiary/aromatic N) is 1. The first-order chi connectivity index (χ1) is 8.87. The number of carbonyl (C=O) groups is 1. The maximum absolute atomic E-state index is 11.5. The predicted molar refractivity (Wildman–Crippen MR) is 77.4 cm³/mol. The molecule has 2 N–H and O–H groups in total. The van der Waals surface area contributed by atoms with Crippen LogP contribution < -0.4 is 10.7 Å². The molecule has 1 aromatic carbocycles. The van der Waals surface area contributed by atoms with Gasteiger partial charge in [0.2, 0.25) is 0 Å². The molecule has 0 unspecified atom stereocenters. The number of hydrazone groups is 1. The quantitative estimate of drug-likeness (QED) is 0.648. The lowest BCUT2D eigenvalue weighted by molar-refractivity contribution is 0.0522. The van der Waals surface area contributed by atoms with Gasteiger partial charge in [-0.25, -0.2) is 4.79 Å². The van der Waals surface area contributed by atoms with Crippen molar-refractivity contribution in [2.24, 2.45) is 5.10 Å². The highest BCUT2D eigenvalue weighted by Crippen LogP contribution is 2.06. The van der Waals surface area contributed by atoms with E-state index in [-0.39, 0.29) is 6.04 Å². The number of hydrogen-bond donors (Lipinski definition) is 2. The molecule has 1 rings (SSSR count). The zero-order valence-electron chi connectivity index (χ0n) is 11.8. The van der Waals surface area contributed by atoms with Crippen molar-refractivity contribution in [3.63, 3.8) is 0 Å². The Hall–Kier alpha value is -2.04. The van der Waals surface area contributed by atoms with Gasteiger partial charge in [-0.2, -0.15) is 5.10 Å². The average Bonchev–Trinajstić information content (AvgIpc) is 2.27. The molecule has 0 saturated carbocycles. The summed E-state index contributed by atoms with van der Waals surface area (Å²) in [5.41, 5.74) is 3.27. The monoisotopic (exact) mass is 263 g/mol. The second kappa shape index (κ2) is 6.78. The first-order valence-electron chi connectivity index (χ1n) is 6.20. The number of nitrogens with one attached hydrogen (secondary N) is 2. The summed E-state index contributed by atoms with van der Waals surface area (Å²) >= 11 is 0. The van der Waals surface area contributed by atoms with Crippen molar-refractivity contribution < 1.29 is 9.53 Å². The van der Waals surface area contributed by atoms with Crippen LogP contribution in [0.1, 0.15) is 27.7 Å². The Kier molecular flexibility index (Phi) is 5.36. The summed E-state index contributed by atoms with van der Waals surface area (Å²) in [5.74, 6) is 0. The first kappa shape index (κ1) is 15.0. The largest absolute Gasteiger partial charge is 0.444 e. The Labute approximate surface area is 114 Å². The molecule has 1 amide bonds. The van der Waals surface area contributed by atoms with Gasteiger partial charge in [0.25, 0.3) is 0 Å². The fourth-order valence-corrected chi connectivity index (χ4v) is 1.27. The van der Waals surface area contributed by atoms with E-state index in [9.17, 15) is 4.79 Å². The normalized spacial score (nSPS) is 13.1. The Bertz CT molecular complexity index is 424. The summed E-state index contributed by atoms with van der Waals surface area (Å²) in [6.45, 7) is 7.28. The van der Waals surface area contributed by atoms with E-state index in [1.165, 1.54) is 0 Å². The number of hydrogen-bond acceptors (Lipinski definition) is 4. The summed E-state index contributed by atoms with van der Waals surface area (Å²) in [6.07, 6.45) is 1.16. The number of benzene rings is 1. The van der Waals surface area contributed by atoms with Crippen LogP contribution >= 0.6 is 0 Å². The standard InChI is InChI=1S/C14H21N3O2/c1-11(16-13(18)19-14(2,3)4)10-15-17-12-8-6-5-7-9-12/h5-11,17H,1-4H3,(H,16,18)/b15-10-/t11-/m0/s1. The summed E-state index contributed by atoms with van der Waals surface area (Å²) < 4.78 is 5.14. The van der Waals surface area contributed by atoms with Crippen LogP contribution in [-0.4, -0.2) is 24.0 Å². The maximum atomic E-state index is 11.5. The number of carbonyl (C=O) groups excluding carboxylic acids is 1. The molecule has 0 bridgehead atoms. The summed E-state index contributed by atoms with van der Waals surface area (Å²) in [5, 5.41) is 6.72. The van der Waals surface area contributed by atoms with Crippen LogP contribution in [0.2, 0.25) is 0 Å². The molecular formula is C14H21N3O2. The molecule has 19 heavy (non-hydrogen) atoms. The smallest absolute Gasteiger partial charge is 0.408 e. The number of ether oxygens (including phenoxy) is 1. The molecule has 0 aromatic heterocycles. The van der Waals surface area contributed by atoms with Gasteiger partial charge in [-0.3, -0.25) is 5.43 Å². The molecule has 1 aromatic rings. The van der Waals surface area contributed by atoms with Gasteiger partial charge in [0.15, 0.2) is 0 Å². The van der Waals surface area contributed by atoms with E-state index >= 15 is 0 Å². The van der Waals surface area contributed by atoms with E-state index < -0.39 is 11.7 Å². The van der Waals surface area contributed by atoms with Crippen molar-refractivity contribution in [3.8, 4) is 0 Å². The highest BCUT2D eigenvalue weighted by molar-refractivity contribution is 5.75. The number of anilines is 1. The lowest BCUT2D eigenvalue weighted by Gasteiger charge is -2.20. The molecule has 0 heterocycles. The molecule has 0 spiro atoms. The molecule has 104 valence electrons. The highest BCUT2D eigenvalue weighted by Gasteiger charge is 2.16. The number of rotatable bonds is 4. The van der Waals surface area contributed by atoms with E-state index in [2.05, 4.69) is 15.8 Å². The van der Waals surface area contributed by atoms with Gasteiger partial charge in [0.1, 0.15) is 5.60 Å². The van der Waals surface area contributed by atoms with Crippen molar-refractivity contribution in [2.45, 2.75) is 39.3 Å². The van der Waals surface area contributed by atoms with Crippen LogP contribution in [0.4, 0.5) is 10.5 Å². The summed E-state index contributed by atoms with van der Waals surface area (Å²) in [6, 6.07) is 9.36. The average molecular weight is 263 g/mol. The molecule has 0 radical (unpaired) electrons. The molecule has 1 atom stereocenters. The number of para-hydroxylation sites is 1. The zero-order chi connectivity index (χ0) is 14.3. The first-order valence-corrected chi connectivity index (χ1v) is 6.20. The number of amides is 1. The number of alkyl carbamates (subject to hydrolysis) is 1. The molecule has 0 fully saturated rings. The Morgan fingerprint density at radius 2 is 1.95 bits per heavy atom. The van der Waals surface area contributed by atoms with Crippen molar-refractivity contribution in [2.75, 3.05) is 5.43 Å². The van der Waals surface area contributed by atoms with Crippen molar-refractivity contribution in [1.29, 1.82) is 0 Å². The predicted octanol–water partition coefficient (Wildman–Crippen LogP) is 3.00. The molecule has 5 heteroatoms. The van der Waals surface area contributed by atoms with E-state index in [1.807, 2.05) is 58.0 Å². The third-order valence-corrected chi connectivity index (χ3v) is 2.01. The third-order valence-electron chi connectivity index (χ3n) is 2.01. The van der Waals surface area contributed by atoms with Gasteiger partial charge in [-0.1, -0.05) is 18.2 Å². The van der Waals surface area contributed by atoms with Crippen LogP contribution in [0.3, 0.4) is 0 Å². The lowest BCUT2D eigenvalue weighted by Crippen LogP contribution is -2.38.